The van der Waals surface area contributed by atoms with Crippen molar-refractivity contribution in [1.82, 2.24) is 0 Å². The molecule has 1 N–H and O–H groups in total. The molecule has 0 spiro atoms. The van der Waals surface area contributed by atoms with Crippen LogP contribution < -0.4 is 5.32 Å². The van der Waals surface area contributed by atoms with Crippen molar-refractivity contribution < 1.29 is 9.53 Å². The van der Waals surface area contributed by atoms with Gasteiger partial charge in [0.1, 0.15) is 0 Å². The van der Waals surface area contributed by atoms with Gasteiger partial charge in [0.05, 0.1) is 11.8 Å². The Kier molecular flexibility index (Phi) is 5.40. The van der Waals surface area contributed by atoms with Crippen molar-refractivity contribution in [2.75, 3.05) is 11.9 Å². The van der Waals surface area contributed by atoms with Crippen molar-refractivity contribution in [3.05, 3.63) is 28.2 Å². The largest absolute Gasteiger partial charge is 0.378 e. The molecule has 1 aromatic rings. The van der Waals surface area contributed by atoms with Crippen molar-refractivity contribution in [3.8, 4) is 0 Å². The fourth-order valence-corrected chi connectivity index (χ4v) is 2.85. The zero-order valence-corrected chi connectivity index (χ0v) is 12.8. The van der Waals surface area contributed by atoms with Gasteiger partial charge in [0.25, 0.3) is 0 Å². The van der Waals surface area contributed by atoms with E-state index in [9.17, 15) is 4.79 Å². The summed E-state index contributed by atoms with van der Waals surface area (Å²) in [5.41, 5.74) is 2.00. The lowest BCUT2D eigenvalue weighted by atomic mass is 10.0. The lowest BCUT2D eigenvalue weighted by Crippen LogP contribution is -2.21. The maximum absolute atomic E-state index is 11.9. The molecular formula is C15H20BrNO2. The fraction of sp³-hybridized carbons (Fsp3) is 0.533. The Morgan fingerprint density at radius 1 is 1.47 bits per heavy atom. The number of anilines is 1. The predicted molar refractivity (Wildman–Crippen MR) is 80.3 cm³/mol. The predicted octanol–water partition coefficient (Wildman–Crippen LogP) is 4.05. The molecule has 104 valence electrons. The normalized spacial score (nSPS) is 19.2. The number of nitrogens with one attached hydrogen (secondary N) is 1. The van der Waals surface area contributed by atoms with Crippen LogP contribution in [0.3, 0.4) is 0 Å². The number of carbonyl (C=O) groups excluding carboxylic acids is 1. The van der Waals surface area contributed by atoms with Gasteiger partial charge in [-0.15, -0.1) is 0 Å². The molecule has 4 heteroatoms. The van der Waals surface area contributed by atoms with Crippen LogP contribution in [0.15, 0.2) is 22.7 Å². The van der Waals surface area contributed by atoms with Crippen LogP contribution in [0, 0.1) is 6.92 Å². The van der Waals surface area contributed by atoms with Crippen LogP contribution in [0.5, 0.6) is 0 Å². The van der Waals surface area contributed by atoms with Gasteiger partial charge in [-0.3, -0.25) is 4.79 Å². The summed E-state index contributed by atoms with van der Waals surface area (Å²) in [6, 6.07) is 5.92. The molecule has 1 heterocycles. The standard InChI is InChI=1S/C15H20BrNO2/c1-11-5-7-14(13(16)10-11)17-15(18)8-6-12-4-2-3-9-19-12/h5,7,10,12H,2-4,6,8-9H2,1H3,(H,17,18). The van der Waals surface area contributed by atoms with Crippen molar-refractivity contribution in [2.24, 2.45) is 0 Å². The second-order valence-electron chi connectivity index (χ2n) is 5.06. The van der Waals surface area contributed by atoms with Crippen molar-refractivity contribution >= 4 is 27.5 Å². The Morgan fingerprint density at radius 3 is 3.00 bits per heavy atom. The fourth-order valence-electron chi connectivity index (χ4n) is 2.26. The van der Waals surface area contributed by atoms with E-state index < -0.39 is 0 Å². The number of halogens is 1. The number of amides is 1. The second-order valence-corrected chi connectivity index (χ2v) is 5.91. The molecule has 3 nitrogen and oxygen atoms in total. The molecule has 19 heavy (non-hydrogen) atoms. The van der Waals surface area contributed by atoms with Crippen LogP contribution >= 0.6 is 15.9 Å². The lowest BCUT2D eigenvalue weighted by molar-refractivity contribution is -0.117. The molecule has 1 amide bonds. The molecule has 0 bridgehead atoms. The monoisotopic (exact) mass is 325 g/mol. The number of benzene rings is 1. The van der Waals surface area contributed by atoms with E-state index in [4.69, 9.17) is 4.74 Å². The summed E-state index contributed by atoms with van der Waals surface area (Å²) in [6.45, 7) is 2.87. The van der Waals surface area contributed by atoms with Crippen LogP contribution in [-0.4, -0.2) is 18.6 Å². The van der Waals surface area contributed by atoms with Gasteiger partial charge in [-0.1, -0.05) is 6.07 Å². The van der Waals surface area contributed by atoms with E-state index in [1.165, 1.54) is 12.0 Å². The van der Waals surface area contributed by atoms with Crippen LogP contribution in [0.1, 0.15) is 37.7 Å². The zero-order chi connectivity index (χ0) is 13.7. The number of rotatable bonds is 4. The van der Waals surface area contributed by atoms with Gasteiger partial charge >= 0.3 is 0 Å². The lowest BCUT2D eigenvalue weighted by Gasteiger charge is -2.22. The molecule has 1 aliphatic rings. The van der Waals surface area contributed by atoms with Gasteiger partial charge < -0.3 is 10.1 Å². The zero-order valence-electron chi connectivity index (χ0n) is 11.2. The van der Waals surface area contributed by atoms with E-state index in [0.29, 0.717) is 6.42 Å². The van der Waals surface area contributed by atoms with Gasteiger partial charge in [-0.25, -0.2) is 0 Å². The van der Waals surface area contributed by atoms with E-state index >= 15 is 0 Å². The number of hydrogen-bond donors (Lipinski definition) is 1. The van der Waals surface area contributed by atoms with E-state index in [1.54, 1.807) is 0 Å². The molecule has 2 rings (SSSR count). The molecule has 1 atom stereocenters. The van der Waals surface area contributed by atoms with Gasteiger partial charge in [0.15, 0.2) is 0 Å². The summed E-state index contributed by atoms with van der Waals surface area (Å²) >= 11 is 3.46. The van der Waals surface area contributed by atoms with Gasteiger partial charge in [-0.05, 0) is 66.2 Å². The van der Waals surface area contributed by atoms with Crippen LogP contribution in [0.25, 0.3) is 0 Å². The molecule has 0 radical (unpaired) electrons. The first-order valence-electron chi connectivity index (χ1n) is 6.83. The van der Waals surface area contributed by atoms with Gasteiger partial charge in [0, 0.05) is 17.5 Å². The second kappa shape index (κ2) is 7.06. The number of aryl methyl sites for hydroxylation is 1. The maximum atomic E-state index is 11.9. The quantitative estimate of drug-likeness (QED) is 0.907. The topological polar surface area (TPSA) is 38.3 Å². The molecule has 1 aliphatic heterocycles. The van der Waals surface area contributed by atoms with Crippen molar-refractivity contribution in [3.63, 3.8) is 0 Å². The molecule has 1 fully saturated rings. The van der Waals surface area contributed by atoms with Crippen LogP contribution in [0.2, 0.25) is 0 Å². The molecular weight excluding hydrogens is 306 g/mol. The Labute approximate surface area is 122 Å². The van der Waals surface area contributed by atoms with Crippen molar-refractivity contribution in [1.29, 1.82) is 0 Å². The summed E-state index contributed by atoms with van der Waals surface area (Å²) < 4.78 is 6.55. The SMILES string of the molecule is Cc1ccc(NC(=O)CCC2CCCCO2)c(Br)c1. The van der Waals surface area contributed by atoms with Crippen LogP contribution in [-0.2, 0) is 9.53 Å². The first kappa shape index (κ1) is 14.5. The Bertz CT molecular complexity index is 442. The summed E-state index contributed by atoms with van der Waals surface area (Å²) in [5, 5.41) is 2.94. The molecule has 1 unspecified atom stereocenters. The van der Waals surface area contributed by atoms with Gasteiger partial charge in [0.2, 0.25) is 5.91 Å². The van der Waals surface area contributed by atoms with Crippen molar-refractivity contribution in [2.45, 2.75) is 45.1 Å². The third-order valence-electron chi connectivity index (χ3n) is 3.37. The highest BCUT2D eigenvalue weighted by Gasteiger charge is 2.15. The molecule has 0 aliphatic carbocycles. The minimum absolute atomic E-state index is 0.0544. The Morgan fingerprint density at radius 2 is 2.32 bits per heavy atom. The smallest absolute Gasteiger partial charge is 0.224 e. The average Bonchev–Trinajstić information content (AvgIpc) is 2.41. The number of carbonyl (C=O) groups is 1. The number of ether oxygens (including phenoxy) is 1. The van der Waals surface area contributed by atoms with E-state index in [1.807, 2.05) is 25.1 Å². The summed E-state index contributed by atoms with van der Waals surface area (Å²) in [7, 11) is 0. The molecule has 1 saturated heterocycles. The summed E-state index contributed by atoms with van der Waals surface area (Å²) in [4.78, 5) is 11.9. The molecule has 0 aromatic heterocycles. The van der Waals surface area contributed by atoms with E-state index in [-0.39, 0.29) is 12.0 Å². The highest BCUT2D eigenvalue weighted by atomic mass is 79.9. The first-order valence-corrected chi connectivity index (χ1v) is 7.62. The molecule has 1 aromatic carbocycles. The Hall–Kier alpha value is -0.870. The third-order valence-corrected chi connectivity index (χ3v) is 4.02. The van der Waals surface area contributed by atoms with E-state index in [2.05, 4.69) is 21.2 Å². The first-order chi connectivity index (χ1) is 9.15. The van der Waals surface area contributed by atoms with E-state index in [0.717, 1.165) is 36.0 Å². The minimum atomic E-state index is 0.0544. The average molecular weight is 326 g/mol. The number of hydrogen-bond acceptors (Lipinski definition) is 2. The third kappa shape index (κ3) is 4.62. The van der Waals surface area contributed by atoms with Gasteiger partial charge in [-0.2, -0.15) is 0 Å². The summed E-state index contributed by atoms with van der Waals surface area (Å²) in [6.07, 6.45) is 5.05. The highest BCUT2D eigenvalue weighted by molar-refractivity contribution is 9.10. The molecule has 0 saturated carbocycles. The summed E-state index contributed by atoms with van der Waals surface area (Å²) in [5.74, 6) is 0.0544. The maximum Gasteiger partial charge on any atom is 0.224 e. The Balaban J connectivity index is 1.80. The highest BCUT2D eigenvalue weighted by Crippen LogP contribution is 2.24. The van der Waals surface area contributed by atoms with Crippen LogP contribution in [0.4, 0.5) is 5.69 Å². The minimum Gasteiger partial charge on any atom is -0.378 e.